The Morgan fingerprint density at radius 3 is 1.64 bits per heavy atom. The SMILES string of the molecule is c1ccc(-c2ccc3ccc(-c4nc(-n5c6ccccc6c6ccc7sc8ccc9c%10ccccc%10n(-c%10ccccc%10)c9c8c7c65)nc5ccccc45)cc3c2)cc1. The third-order valence-corrected chi connectivity index (χ3v) is 13.2. The molecule has 5 heteroatoms. The number of thiophene rings is 1. The van der Waals surface area contributed by atoms with Crippen molar-refractivity contribution in [2.45, 2.75) is 0 Å². The zero-order chi connectivity index (χ0) is 38.6. The Balaban J connectivity index is 1.14. The summed E-state index contributed by atoms with van der Waals surface area (Å²) in [5.41, 5.74) is 11.0. The molecule has 0 amide bonds. The second kappa shape index (κ2) is 12.4. The van der Waals surface area contributed by atoms with Crippen molar-refractivity contribution in [2.75, 3.05) is 0 Å². The molecule has 4 aromatic heterocycles. The molecular weight excluding hydrogens is 737 g/mol. The highest BCUT2D eigenvalue weighted by Gasteiger charge is 2.24. The second-order valence-corrected chi connectivity index (χ2v) is 16.4. The van der Waals surface area contributed by atoms with Gasteiger partial charge in [0.25, 0.3) is 0 Å². The lowest BCUT2D eigenvalue weighted by Gasteiger charge is -2.13. The van der Waals surface area contributed by atoms with Gasteiger partial charge in [0.1, 0.15) is 0 Å². The Morgan fingerprint density at radius 2 is 0.932 bits per heavy atom. The molecule has 0 bridgehead atoms. The average Bonchev–Trinajstić information content (AvgIpc) is 3.96. The van der Waals surface area contributed by atoms with Crippen molar-refractivity contribution in [1.82, 2.24) is 19.1 Å². The van der Waals surface area contributed by atoms with E-state index in [9.17, 15) is 0 Å². The van der Waals surface area contributed by atoms with Gasteiger partial charge >= 0.3 is 0 Å². The molecule has 0 saturated carbocycles. The third-order valence-electron chi connectivity index (χ3n) is 12.1. The lowest BCUT2D eigenvalue weighted by Crippen LogP contribution is -2.03. The molecule has 0 aliphatic rings. The smallest absolute Gasteiger partial charge is 0.235 e. The molecule has 0 aliphatic heterocycles. The quantitative estimate of drug-likeness (QED) is 0.179. The van der Waals surface area contributed by atoms with E-state index in [1.54, 1.807) is 0 Å². The largest absolute Gasteiger partial charge is 0.309 e. The number of aromatic nitrogens is 4. The van der Waals surface area contributed by atoms with Gasteiger partial charge in [-0.1, -0.05) is 140 Å². The van der Waals surface area contributed by atoms with Crippen molar-refractivity contribution in [2.24, 2.45) is 0 Å². The molecule has 9 aromatic carbocycles. The van der Waals surface area contributed by atoms with Crippen LogP contribution in [-0.4, -0.2) is 19.1 Å². The Hall–Kier alpha value is -7.60. The van der Waals surface area contributed by atoms with Gasteiger partial charge in [0.15, 0.2) is 0 Å². The Labute approximate surface area is 342 Å². The molecule has 0 fully saturated rings. The first-order valence-electron chi connectivity index (χ1n) is 20.0. The highest BCUT2D eigenvalue weighted by molar-refractivity contribution is 7.26. The zero-order valence-electron chi connectivity index (χ0n) is 31.7. The van der Waals surface area contributed by atoms with E-state index < -0.39 is 0 Å². The molecule has 0 radical (unpaired) electrons. The fourth-order valence-corrected chi connectivity index (χ4v) is 10.6. The van der Waals surface area contributed by atoms with Crippen LogP contribution < -0.4 is 0 Å². The van der Waals surface area contributed by atoms with Crippen LogP contribution in [0, 0.1) is 0 Å². The van der Waals surface area contributed by atoms with E-state index in [4.69, 9.17) is 9.97 Å². The molecule has 4 heterocycles. The summed E-state index contributed by atoms with van der Waals surface area (Å²) in [5.74, 6) is 0.658. The summed E-state index contributed by atoms with van der Waals surface area (Å²) in [6.07, 6.45) is 0. The maximum absolute atomic E-state index is 5.58. The van der Waals surface area contributed by atoms with Crippen LogP contribution in [0.2, 0.25) is 0 Å². The summed E-state index contributed by atoms with van der Waals surface area (Å²) < 4.78 is 7.28. The van der Waals surface area contributed by atoms with Crippen LogP contribution in [0.5, 0.6) is 0 Å². The van der Waals surface area contributed by atoms with Gasteiger partial charge in [0.05, 0.1) is 33.3 Å². The minimum atomic E-state index is 0.658. The van der Waals surface area contributed by atoms with E-state index in [2.05, 4.69) is 203 Å². The summed E-state index contributed by atoms with van der Waals surface area (Å²) in [5, 5.41) is 10.7. The molecule has 4 nitrogen and oxygen atoms in total. The monoisotopic (exact) mass is 768 g/mol. The minimum absolute atomic E-state index is 0.658. The third kappa shape index (κ3) is 4.77. The number of fused-ring (bicyclic) bond motifs is 13. The molecule has 0 aliphatic carbocycles. The minimum Gasteiger partial charge on any atom is -0.309 e. The summed E-state index contributed by atoms with van der Waals surface area (Å²) in [6, 6.07) is 70.0. The number of hydrogen-bond donors (Lipinski definition) is 0. The number of benzene rings is 9. The van der Waals surface area contributed by atoms with Gasteiger partial charge in [-0.3, -0.25) is 4.57 Å². The van der Waals surface area contributed by atoms with Crippen LogP contribution in [0.25, 0.3) is 119 Å². The van der Waals surface area contributed by atoms with Crippen LogP contribution in [0.3, 0.4) is 0 Å². The Morgan fingerprint density at radius 1 is 0.373 bits per heavy atom. The second-order valence-electron chi connectivity index (χ2n) is 15.3. The predicted molar refractivity (Wildman–Crippen MR) is 249 cm³/mol. The first-order chi connectivity index (χ1) is 29.3. The van der Waals surface area contributed by atoms with Crippen LogP contribution in [0.15, 0.2) is 194 Å². The molecule has 0 saturated heterocycles. The highest BCUT2D eigenvalue weighted by Crippen LogP contribution is 2.47. The van der Waals surface area contributed by atoms with Crippen molar-refractivity contribution in [3.05, 3.63) is 194 Å². The highest BCUT2D eigenvalue weighted by atomic mass is 32.1. The molecule has 0 spiro atoms. The summed E-state index contributed by atoms with van der Waals surface area (Å²) in [4.78, 5) is 11.0. The van der Waals surface area contributed by atoms with E-state index >= 15 is 0 Å². The molecular formula is C54H32N4S. The fraction of sp³-hybridized carbons (Fsp3) is 0. The number of hydrogen-bond acceptors (Lipinski definition) is 3. The molecule has 59 heavy (non-hydrogen) atoms. The van der Waals surface area contributed by atoms with E-state index in [1.807, 2.05) is 11.3 Å². The molecule has 0 atom stereocenters. The predicted octanol–water partition coefficient (Wildman–Crippen LogP) is 14.7. The Bertz CT molecular complexity index is 3840. The van der Waals surface area contributed by atoms with E-state index in [1.165, 1.54) is 74.6 Å². The molecule has 13 aromatic rings. The van der Waals surface area contributed by atoms with Crippen molar-refractivity contribution >= 4 is 96.8 Å². The lowest BCUT2D eigenvalue weighted by molar-refractivity contribution is 1.02. The maximum atomic E-state index is 5.58. The van der Waals surface area contributed by atoms with E-state index in [0.717, 1.165) is 38.9 Å². The molecule has 0 unspecified atom stereocenters. The lowest BCUT2D eigenvalue weighted by atomic mass is 9.98. The van der Waals surface area contributed by atoms with Gasteiger partial charge < -0.3 is 4.57 Å². The van der Waals surface area contributed by atoms with Crippen molar-refractivity contribution in [3.63, 3.8) is 0 Å². The standard InChI is InChI=1S/C54H32N4S/c1-3-13-33(14-4-1)35-25-23-34-24-26-36(32-37(34)31-35)51-43-19-7-10-20-44(43)55-54(56-51)58-46-22-12-9-18-40(46)42-28-30-48-50(53(42)58)49-47(59-48)29-27-41-39-17-8-11-21-45(39)57(52(41)49)38-15-5-2-6-16-38/h1-32H. The van der Waals surface area contributed by atoms with Gasteiger partial charge in [0.2, 0.25) is 5.95 Å². The van der Waals surface area contributed by atoms with Crippen LogP contribution in [0.4, 0.5) is 0 Å². The van der Waals surface area contributed by atoms with Gasteiger partial charge in [-0.15, -0.1) is 11.3 Å². The van der Waals surface area contributed by atoms with Gasteiger partial charge in [-0.2, -0.15) is 0 Å². The van der Waals surface area contributed by atoms with Gasteiger partial charge in [-0.05, 0) is 76.5 Å². The normalized spacial score (nSPS) is 12.1. The average molecular weight is 769 g/mol. The fourth-order valence-electron chi connectivity index (χ4n) is 9.49. The number of para-hydroxylation sites is 4. The van der Waals surface area contributed by atoms with Gasteiger partial charge in [0, 0.05) is 58.4 Å². The van der Waals surface area contributed by atoms with E-state index in [-0.39, 0.29) is 0 Å². The van der Waals surface area contributed by atoms with Crippen molar-refractivity contribution in [3.8, 4) is 34.0 Å². The van der Waals surface area contributed by atoms with Crippen LogP contribution in [-0.2, 0) is 0 Å². The number of nitrogens with zero attached hydrogens (tertiary/aromatic N) is 4. The van der Waals surface area contributed by atoms with Crippen LogP contribution >= 0.6 is 11.3 Å². The molecule has 13 rings (SSSR count). The van der Waals surface area contributed by atoms with E-state index in [0.29, 0.717) is 5.95 Å². The summed E-state index contributed by atoms with van der Waals surface area (Å²) >= 11 is 1.85. The van der Waals surface area contributed by atoms with Crippen molar-refractivity contribution in [1.29, 1.82) is 0 Å². The van der Waals surface area contributed by atoms with Gasteiger partial charge in [-0.25, -0.2) is 9.97 Å². The number of rotatable bonds is 4. The Kier molecular flexibility index (Phi) is 6.85. The zero-order valence-corrected chi connectivity index (χ0v) is 32.5. The summed E-state index contributed by atoms with van der Waals surface area (Å²) in [6.45, 7) is 0. The first-order valence-corrected chi connectivity index (χ1v) is 20.8. The maximum Gasteiger partial charge on any atom is 0.235 e. The van der Waals surface area contributed by atoms with Crippen molar-refractivity contribution < 1.29 is 0 Å². The molecule has 0 N–H and O–H groups in total. The summed E-state index contributed by atoms with van der Waals surface area (Å²) in [7, 11) is 0. The van der Waals surface area contributed by atoms with Crippen LogP contribution in [0.1, 0.15) is 0 Å². The first kappa shape index (κ1) is 32.5. The topological polar surface area (TPSA) is 35.6 Å². The molecule has 274 valence electrons.